The number of hydrogen-bond acceptors (Lipinski definition) is 7. The number of ether oxygens (including phenoxy) is 1. The third-order valence-electron chi connectivity index (χ3n) is 4.41. The zero-order chi connectivity index (χ0) is 19.4. The van der Waals surface area contributed by atoms with Gasteiger partial charge < -0.3 is 19.5 Å². The van der Waals surface area contributed by atoms with Crippen LogP contribution in [0.5, 0.6) is 0 Å². The quantitative estimate of drug-likeness (QED) is 0.625. The van der Waals surface area contributed by atoms with Crippen LogP contribution in [-0.2, 0) is 4.74 Å². The van der Waals surface area contributed by atoms with E-state index in [1.165, 1.54) is 0 Å². The van der Waals surface area contributed by atoms with Crippen LogP contribution >= 0.6 is 12.2 Å². The molecule has 1 aromatic carbocycles. The number of carbonyl (C=O) groups is 1. The highest BCUT2D eigenvalue weighted by molar-refractivity contribution is 7.80. The molecule has 0 spiro atoms. The Morgan fingerprint density at radius 1 is 1.37 bits per heavy atom. The van der Waals surface area contributed by atoms with E-state index in [9.17, 15) is 4.79 Å². The largest absolute Gasteiger partial charge is 0.462 e. The molecule has 1 unspecified atom stereocenters. The number of piperazine rings is 1. The molecule has 1 aromatic heterocycles. The number of hydrogen-bond donors (Lipinski definition) is 1. The molecule has 3 rings (SSSR count). The Labute approximate surface area is 163 Å². The Kier molecular flexibility index (Phi) is 6.02. The smallest absolute Gasteiger partial charge is 0.338 e. The van der Waals surface area contributed by atoms with Crippen LogP contribution in [0, 0.1) is 6.92 Å². The highest BCUT2D eigenvalue weighted by atomic mass is 32.1. The molecule has 0 radical (unpaired) electrons. The number of carbonyl (C=O) groups excluding carboxylic acids is 1. The van der Waals surface area contributed by atoms with Gasteiger partial charge in [0, 0.05) is 25.3 Å². The van der Waals surface area contributed by atoms with E-state index < -0.39 is 0 Å². The molecule has 0 bridgehead atoms. The molecule has 1 fully saturated rings. The number of thiocarbonyl (C=S) groups is 1. The number of nitrogens with one attached hydrogen (secondary N) is 1. The van der Waals surface area contributed by atoms with Gasteiger partial charge >= 0.3 is 5.97 Å². The standard InChI is InChI=1S/C18H23N5O3S/c1-4-25-17(24)13-5-7-14(8-6-13)20-18(27)23-10-9-22(3)15(11-23)16-19-12(2)21-26-16/h5-8,15H,4,9-11H2,1-3H3,(H,20,27). The summed E-state index contributed by atoms with van der Waals surface area (Å²) in [6, 6.07) is 7.06. The second-order valence-electron chi connectivity index (χ2n) is 6.35. The van der Waals surface area contributed by atoms with Crippen LogP contribution < -0.4 is 5.32 Å². The first-order chi connectivity index (χ1) is 13.0. The lowest BCUT2D eigenvalue weighted by Crippen LogP contribution is -2.50. The van der Waals surface area contributed by atoms with Crippen molar-refractivity contribution in [2.75, 3.05) is 38.6 Å². The zero-order valence-electron chi connectivity index (χ0n) is 15.6. The number of likely N-dealkylation sites (N-methyl/N-ethyl adjacent to an activating group) is 1. The number of aromatic nitrogens is 2. The Morgan fingerprint density at radius 2 is 2.11 bits per heavy atom. The third-order valence-corrected chi connectivity index (χ3v) is 4.77. The summed E-state index contributed by atoms with van der Waals surface area (Å²) < 4.78 is 10.3. The molecular formula is C18H23N5O3S. The molecule has 1 aliphatic heterocycles. The van der Waals surface area contributed by atoms with Gasteiger partial charge in [-0.05, 0) is 57.4 Å². The minimum absolute atomic E-state index is 0.00844. The van der Waals surface area contributed by atoms with E-state index >= 15 is 0 Å². The molecule has 144 valence electrons. The highest BCUT2D eigenvalue weighted by Gasteiger charge is 2.31. The lowest BCUT2D eigenvalue weighted by molar-refractivity contribution is 0.0526. The predicted molar refractivity (Wildman–Crippen MR) is 105 cm³/mol. The summed E-state index contributed by atoms with van der Waals surface area (Å²) in [7, 11) is 2.03. The molecule has 2 aromatic rings. The SMILES string of the molecule is CCOC(=O)c1ccc(NC(=S)N2CCN(C)C(c3nc(C)no3)C2)cc1. The van der Waals surface area contributed by atoms with Crippen molar-refractivity contribution in [2.45, 2.75) is 19.9 Å². The van der Waals surface area contributed by atoms with Crippen LogP contribution in [0.15, 0.2) is 28.8 Å². The first-order valence-electron chi connectivity index (χ1n) is 8.81. The molecule has 0 saturated carbocycles. The Morgan fingerprint density at radius 3 is 2.74 bits per heavy atom. The fraction of sp³-hybridized carbons (Fsp3) is 0.444. The Bertz CT molecular complexity index is 808. The molecular weight excluding hydrogens is 366 g/mol. The summed E-state index contributed by atoms with van der Waals surface area (Å²) in [6.07, 6.45) is 0. The van der Waals surface area contributed by atoms with E-state index in [1.54, 1.807) is 26.0 Å². The summed E-state index contributed by atoms with van der Waals surface area (Å²) in [5.74, 6) is 0.891. The van der Waals surface area contributed by atoms with Gasteiger partial charge in [-0.15, -0.1) is 0 Å². The minimum atomic E-state index is -0.330. The summed E-state index contributed by atoms with van der Waals surface area (Å²) in [5, 5.41) is 7.72. The van der Waals surface area contributed by atoms with Gasteiger partial charge in [0.2, 0.25) is 5.89 Å². The van der Waals surface area contributed by atoms with Gasteiger partial charge in [-0.3, -0.25) is 4.90 Å². The number of anilines is 1. The predicted octanol–water partition coefficient (Wildman–Crippen LogP) is 2.24. The fourth-order valence-electron chi connectivity index (χ4n) is 2.88. The average molecular weight is 389 g/mol. The van der Waals surface area contributed by atoms with Gasteiger partial charge in [0.05, 0.1) is 12.2 Å². The van der Waals surface area contributed by atoms with Gasteiger partial charge in [0.15, 0.2) is 10.9 Å². The van der Waals surface area contributed by atoms with Gasteiger partial charge in [-0.1, -0.05) is 5.16 Å². The molecule has 1 saturated heterocycles. The lowest BCUT2D eigenvalue weighted by atomic mass is 10.2. The Hall–Kier alpha value is -2.52. The maximum Gasteiger partial charge on any atom is 0.338 e. The zero-order valence-corrected chi connectivity index (χ0v) is 16.5. The van der Waals surface area contributed by atoms with E-state index in [4.69, 9.17) is 21.5 Å². The minimum Gasteiger partial charge on any atom is -0.462 e. The van der Waals surface area contributed by atoms with Crippen LogP contribution in [0.4, 0.5) is 5.69 Å². The van der Waals surface area contributed by atoms with Crippen LogP contribution in [-0.4, -0.2) is 64.3 Å². The van der Waals surface area contributed by atoms with Crippen LogP contribution in [0.1, 0.15) is 35.0 Å². The van der Waals surface area contributed by atoms with Crippen LogP contribution in [0.3, 0.4) is 0 Å². The Balaban J connectivity index is 1.63. The number of benzene rings is 1. The molecule has 2 heterocycles. The van der Waals surface area contributed by atoms with E-state index in [0.717, 1.165) is 18.8 Å². The maximum atomic E-state index is 11.7. The summed E-state index contributed by atoms with van der Waals surface area (Å²) >= 11 is 5.57. The van der Waals surface area contributed by atoms with Crippen molar-refractivity contribution in [1.82, 2.24) is 19.9 Å². The number of aryl methyl sites for hydroxylation is 1. The van der Waals surface area contributed by atoms with Crippen molar-refractivity contribution in [2.24, 2.45) is 0 Å². The topological polar surface area (TPSA) is 83.7 Å². The van der Waals surface area contributed by atoms with E-state index in [-0.39, 0.29) is 12.0 Å². The maximum absolute atomic E-state index is 11.7. The summed E-state index contributed by atoms with van der Waals surface area (Å²) in [5.41, 5.74) is 1.33. The first kappa shape index (κ1) is 19.2. The lowest BCUT2D eigenvalue weighted by Gasteiger charge is -2.38. The van der Waals surface area contributed by atoms with Crippen LogP contribution in [0.2, 0.25) is 0 Å². The number of nitrogens with zero attached hydrogens (tertiary/aromatic N) is 4. The average Bonchev–Trinajstić information content (AvgIpc) is 3.09. The number of rotatable bonds is 4. The van der Waals surface area contributed by atoms with Crippen molar-refractivity contribution < 1.29 is 14.1 Å². The van der Waals surface area contributed by atoms with Crippen molar-refractivity contribution >= 4 is 29.0 Å². The third kappa shape index (κ3) is 4.61. The second-order valence-corrected chi connectivity index (χ2v) is 6.74. The van der Waals surface area contributed by atoms with E-state index in [1.807, 2.05) is 19.2 Å². The summed E-state index contributed by atoms with van der Waals surface area (Å²) in [4.78, 5) is 20.3. The molecule has 1 N–H and O–H groups in total. The second kappa shape index (κ2) is 8.45. The van der Waals surface area contributed by atoms with Gasteiger partial charge in [-0.2, -0.15) is 4.98 Å². The molecule has 1 atom stereocenters. The van der Waals surface area contributed by atoms with Crippen LogP contribution in [0.25, 0.3) is 0 Å². The van der Waals surface area contributed by atoms with Gasteiger partial charge in [0.1, 0.15) is 6.04 Å². The van der Waals surface area contributed by atoms with Crippen molar-refractivity contribution in [3.05, 3.63) is 41.5 Å². The highest BCUT2D eigenvalue weighted by Crippen LogP contribution is 2.23. The van der Waals surface area contributed by atoms with Gasteiger partial charge in [0.25, 0.3) is 0 Å². The van der Waals surface area contributed by atoms with Gasteiger partial charge in [-0.25, -0.2) is 4.79 Å². The number of esters is 1. The molecule has 0 amide bonds. The van der Waals surface area contributed by atoms with E-state index in [2.05, 4.69) is 25.3 Å². The first-order valence-corrected chi connectivity index (χ1v) is 9.22. The van der Waals surface area contributed by atoms with E-state index in [0.29, 0.717) is 35.5 Å². The fourth-order valence-corrected chi connectivity index (χ4v) is 3.16. The van der Waals surface area contributed by atoms with Crippen molar-refractivity contribution in [3.63, 3.8) is 0 Å². The molecule has 8 nitrogen and oxygen atoms in total. The molecule has 1 aliphatic rings. The van der Waals surface area contributed by atoms with Crippen molar-refractivity contribution in [3.8, 4) is 0 Å². The monoisotopic (exact) mass is 389 g/mol. The normalized spacial score (nSPS) is 17.6. The van der Waals surface area contributed by atoms with Crippen molar-refractivity contribution in [1.29, 1.82) is 0 Å². The summed E-state index contributed by atoms with van der Waals surface area (Å²) in [6.45, 7) is 6.23. The molecule has 0 aliphatic carbocycles. The molecule has 27 heavy (non-hydrogen) atoms. The molecule has 9 heteroatoms.